The maximum absolute atomic E-state index is 5.16. The van der Waals surface area contributed by atoms with E-state index < -0.39 is 0 Å². The van der Waals surface area contributed by atoms with E-state index in [-0.39, 0.29) is 0 Å². The summed E-state index contributed by atoms with van der Waals surface area (Å²) in [7, 11) is 0. The van der Waals surface area contributed by atoms with Crippen LogP contribution in [0.2, 0.25) is 0 Å². The highest BCUT2D eigenvalue weighted by Crippen LogP contribution is 2.25. The molecule has 0 amide bonds. The third kappa shape index (κ3) is 2.81. The van der Waals surface area contributed by atoms with E-state index in [2.05, 4.69) is 48.0 Å². The molecule has 0 aromatic rings. The topological polar surface area (TPSA) is 24.8 Å². The van der Waals surface area contributed by atoms with E-state index in [9.17, 15) is 0 Å². The normalized spacial score (nSPS) is 29.7. The Kier molecular flexibility index (Phi) is 3.62. The molecule has 0 aromatic carbocycles. The molecule has 0 aromatic heterocycles. The summed E-state index contributed by atoms with van der Waals surface area (Å²) in [5, 5.41) is 3.78. The van der Waals surface area contributed by atoms with E-state index in [1.807, 2.05) is 0 Å². The van der Waals surface area contributed by atoms with Crippen LogP contribution in [0.5, 0.6) is 0 Å². The molecule has 2 heterocycles. The van der Waals surface area contributed by atoms with Gasteiger partial charge in [-0.15, -0.1) is 0 Å². The minimum absolute atomic E-state index is 0.602. The van der Waals surface area contributed by atoms with Gasteiger partial charge in [0, 0.05) is 13.1 Å². The molecule has 0 aliphatic carbocycles. The van der Waals surface area contributed by atoms with Crippen molar-refractivity contribution in [1.82, 2.24) is 4.90 Å². The minimum Gasteiger partial charge on any atom is -0.390 e. The van der Waals surface area contributed by atoms with Crippen molar-refractivity contribution in [2.24, 2.45) is 11.1 Å². The van der Waals surface area contributed by atoms with Gasteiger partial charge in [0.1, 0.15) is 6.61 Å². The number of halogens is 2. The second-order valence-corrected chi connectivity index (χ2v) is 6.28. The van der Waals surface area contributed by atoms with Crippen LogP contribution < -0.4 is 0 Å². The summed E-state index contributed by atoms with van der Waals surface area (Å²) in [6.07, 6.45) is 3.65. The Balaban J connectivity index is 1.84. The Hall–Kier alpha value is 0.130. The standard InChI is InChI=1S/C9H12Br2N2O/c10-9(11)12-14-6-8-3-7-1-2-13(4-7)5-8/h3,7H,1-2,4-6H2. The van der Waals surface area contributed by atoms with E-state index in [1.165, 1.54) is 25.1 Å². The lowest BCUT2D eigenvalue weighted by Crippen LogP contribution is -2.27. The monoisotopic (exact) mass is 322 g/mol. The van der Waals surface area contributed by atoms with Crippen LogP contribution in [0.3, 0.4) is 0 Å². The summed E-state index contributed by atoms with van der Waals surface area (Å²) in [5.41, 5.74) is 1.35. The van der Waals surface area contributed by atoms with Crippen LogP contribution >= 0.6 is 31.9 Å². The molecule has 0 N–H and O–H groups in total. The van der Waals surface area contributed by atoms with Crippen molar-refractivity contribution in [3.63, 3.8) is 0 Å². The van der Waals surface area contributed by atoms with E-state index in [0.29, 0.717) is 10.1 Å². The summed E-state index contributed by atoms with van der Waals surface area (Å²) < 4.78 is 0.602. The smallest absolute Gasteiger partial charge is 0.187 e. The van der Waals surface area contributed by atoms with Gasteiger partial charge < -0.3 is 4.84 Å². The first kappa shape index (κ1) is 10.6. The molecule has 0 spiro atoms. The van der Waals surface area contributed by atoms with Gasteiger partial charge in [-0.2, -0.15) is 0 Å². The summed E-state index contributed by atoms with van der Waals surface area (Å²) in [6, 6.07) is 0. The molecule has 2 unspecified atom stereocenters. The van der Waals surface area contributed by atoms with E-state index in [0.717, 1.165) is 12.5 Å². The van der Waals surface area contributed by atoms with Crippen LogP contribution in [0, 0.1) is 5.92 Å². The first-order valence-corrected chi connectivity index (χ1v) is 6.25. The van der Waals surface area contributed by atoms with Crippen molar-refractivity contribution < 1.29 is 4.84 Å². The fourth-order valence-corrected chi connectivity index (χ4v) is 2.28. The van der Waals surface area contributed by atoms with E-state index in [4.69, 9.17) is 4.84 Å². The molecule has 3 nitrogen and oxygen atoms in total. The predicted molar refractivity (Wildman–Crippen MR) is 63.9 cm³/mol. The lowest BCUT2D eigenvalue weighted by Gasteiger charge is -2.21. The van der Waals surface area contributed by atoms with E-state index >= 15 is 0 Å². The van der Waals surface area contributed by atoms with Crippen molar-refractivity contribution in [3.05, 3.63) is 11.6 Å². The molecule has 0 radical (unpaired) electrons. The van der Waals surface area contributed by atoms with Crippen molar-refractivity contribution in [2.45, 2.75) is 6.42 Å². The Morgan fingerprint density at radius 1 is 1.64 bits per heavy atom. The van der Waals surface area contributed by atoms with Gasteiger partial charge in [0.15, 0.2) is 3.53 Å². The number of rotatable bonds is 3. The summed E-state index contributed by atoms with van der Waals surface area (Å²) in [5.74, 6) is 0.749. The minimum atomic E-state index is 0.602. The van der Waals surface area contributed by atoms with Crippen LogP contribution in [0.4, 0.5) is 0 Å². The fourth-order valence-electron chi connectivity index (χ4n) is 2.07. The second-order valence-electron chi connectivity index (χ2n) is 3.71. The van der Waals surface area contributed by atoms with Gasteiger partial charge in [-0.05, 0) is 56.3 Å². The fraction of sp³-hybridized carbons (Fsp3) is 0.667. The van der Waals surface area contributed by atoms with Gasteiger partial charge in [0.05, 0.1) is 0 Å². The number of nitrogens with zero attached hydrogens (tertiary/aromatic N) is 2. The quantitative estimate of drug-likeness (QED) is 0.452. The molecule has 78 valence electrons. The molecular weight excluding hydrogens is 312 g/mol. The zero-order valence-corrected chi connectivity index (χ0v) is 10.9. The van der Waals surface area contributed by atoms with Crippen LogP contribution in [-0.4, -0.2) is 34.7 Å². The number of oxime groups is 1. The SMILES string of the molecule is BrC(Br)=NOCC1=CC2CCN(C1)C2. The molecule has 2 rings (SSSR count). The van der Waals surface area contributed by atoms with Gasteiger partial charge in [-0.1, -0.05) is 11.2 Å². The molecule has 2 atom stereocenters. The maximum atomic E-state index is 5.16. The molecular formula is C9H12Br2N2O. The zero-order chi connectivity index (χ0) is 9.97. The lowest BCUT2D eigenvalue weighted by molar-refractivity contribution is 0.161. The average Bonchev–Trinajstić information content (AvgIpc) is 2.45. The molecule has 14 heavy (non-hydrogen) atoms. The highest BCUT2D eigenvalue weighted by atomic mass is 79.9. The average molecular weight is 324 g/mol. The third-order valence-corrected chi connectivity index (χ3v) is 2.88. The number of hydrogen-bond donors (Lipinski definition) is 0. The van der Waals surface area contributed by atoms with Gasteiger partial charge >= 0.3 is 0 Å². The first-order chi connectivity index (χ1) is 6.74. The van der Waals surface area contributed by atoms with Crippen LogP contribution in [-0.2, 0) is 4.84 Å². The molecule has 1 fully saturated rings. The summed E-state index contributed by atoms with van der Waals surface area (Å²) in [4.78, 5) is 7.63. The maximum Gasteiger partial charge on any atom is 0.187 e. The first-order valence-electron chi connectivity index (χ1n) is 4.67. The predicted octanol–water partition coefficient (Wildman–Crippen LogP) is 2.33. The molecule has 1 saturated heterocycles. The summed E-state index contributed by atoms with van der Waals surface area (Å²) >= 11 is 6.29. The Labute approximate surface area is 100 Å². The number of fused-ring (bicyclic) bond motifs is 2. The van der Waals surface area contributed by atoms with Crippen molar-refractivity contribution in [3.8, 4) is 0 Å². The highest BCUT2D eigenvalue weighted by molar-refractivity contribution is 9.39. The second kappa shape index (κ2) is 4.77. The number of hydrogen-bond acceptors (Lipinski definition) is 3. The van der Waals surface area contributed by atoms with Crippen molar-refractivity contribution >= 4 is 35.4 Å². The van der Waals surface area contributed by atoms with Gasteiger partial charge in [-0.25, -0.2) is 0 Å². The van der Waals surface area contributed by atoms with Crippen LogP contribution in [0.1, 0.15) is 6.42 Å². The largest absolute Gasteiger partial charge is 0.390 e. The van der Waals surface area contributed by atoms with Crippen LogP contribution in [0.15, 0.2) is 16.8 Å². The molecule has 0 saturated carbocycles. The highest BCUT2D eigenvalue weighted by Gasteiger charge is 2.26. The van der Waals surface area contributed by atoms with Crippen molar-refractivity contribution in [1.29, 1.82) is 0 Å². The van der Waals surface area contributed by atoms with Gasteiger partial charge in [0.25, 0.3) is 0 Å². The Morgan fingerprint density at radius 3 is 3.21 bits per heavy atom. The Bertz CT molecular complexity index is 274. The molecule has 2 aliphatic rings. The molecule has 2 bridgehead atoms. The van der Waals surface area contributed by atoms with Crippen LogP contribution in [0.25, 0.3) is 0 Å². The van der Waals surface area contributed by atoms with E-state index in [1.54, 1.807) is 0 Å². The Morgan fingerprint density at radius 2 is 2.50 bits per heavy atom. The summed E-state index contributed by atoms with van der Waals surface area (Å²) in [6.45, 7) is 4.12. The lowest BCUT2D eigenvalue weighted by atomic mass is 10.0. The third-order valence-electron chi connectivity index (χ3n) is 2.59. The molecule has 2 aliphatic heterocycles. The zero-order valence-electron chi connectivity index (χ0n) is 7.75. The molecule has 5 heteroatoms. The van der Waals surface area contributed by atoms with Crippen molar-refractivity contribution in [2.75, 3.05) is 26.2 Å². The van der Waals surface area contributed by atoms with Gasteiger partial charge in [0.2, 0.25) is 0 Å². The van der Waals surface area contributed by atoms with Gasteiger partial charge in [-0.3, -0.25) is 4.90 Å².